The molecule has 0 aliphatic heterocycles. The lowest BCUT2D eigenvalue weighted by molar-refractivity contribution is 0.520. The van der Waals surface area contributed by atoms with Crippen LogP contribution in [0, 0.1) is 6.92 Å². The van der Waals surface area contributed by atoms with Crippen molar-refractivity contribution in [3.05, 3.63) is 70.3 Å². The maximum atomic E-state index is 12.7. The number of nitrogens with zero attached hydrogens (tertiary/aromatic N) is 3. The third-order valence-corrected chi connectivity index (χ3v) is 5.82. The second-order valence-electron chi connectivity index (χ2n) is 6.13. The normalized spacial score (nSPS) is 12.0. The minimum Gasteiger partial charge on any atom is -0.294 e. The van der Waals surface area contributed by atoms with Crippen LogP contribution >= 0.6 is 0 Å². The van der Waals surface area contributed by atoms with Crippen LogP contribution in [-0.2, 0) is 16.6 Å². The predicted octanol–water partition coefficient (Wildman–Crippen LogP) is 2.00. The molecule has 0 fully saturated rings. The van der Waals surface area contributed by atoms with Gasteiger partial charge in [-0.2, -0.15) is 0 Å². The molecule has 3 rings (SSSR count). The molecule has 0 N–H and O–H groups in total. The molecule has 0 atom stereocenters. The fourth-order valence-electron chi connectivity index (χ4n) is 2.60. The quantitative estimate of drug-likeness (QED) is 0.716. The first-order chi connectivity index (χ1) is 11.8. The second kappa shape index (κ2) is 6.42. The van der Waals surface area contributed by atoms with E-state index in [-0.39, 0.29) is 17.0 Å². The van der Waals surface area contributed by atoms with Gasteiger partial charge in [-0.1, -0.05) is 23.8 Å². The van der Waals surface area contributed by atoms with Crippen molar-refractivity contribution in [2.24, 2.45) is 0 Å². The van der Waals surface area contributed by atoms with Crippen LogP contribution in [-0.4, -0.2) is 36.4 Å². The van der Waals surface area contributed by atoms with Gasteiger partial charge in [-0.15, -0.1) is 0 Å². The Hall–Kier alpha value is -2.51. The van der Waals surface area contributed by atoms with Gasteiger partial charge in [0, 0.05) is 14.1 Å². The molecule has 25 heavy (non-hydrogen) atoms. The first-order valence-electron chi connectivity index (χ1n) is 7.76. The van der Waals surface area contributed by atoms with Crippen LogP contribution < -0.4 is 5.56 Å². The molecule has 1 aromatic heterocycles. The summed E-state index contributed by atoms with van der Waals surface area (Å²) in [4.78, 5) is 17.2. The van der Waals surface area contributed by atoms with Crippen LogP contribution in [0.1, 0.15) is 11.1 Å². The Morgan fingerprint density at radius 2 is 1.88 bits per heavy atom. The number of sulfonamides is 1. The van der Waals surface area contributed by atoms with E-state index in [0.29, 0.717) is 10.9 Å². The molecule has 0 aliphatic rings. The Bertz CT molecular complexity index is 1100. The average molecular weight is 357 g/mol. The fraction of sp³-hybridized carbons (Fsp3) is 0.222. The zero-order valence-electron chi connectivity index (χ0n) is 14.3. The minimum atomic E-state index is -3.51. The topological polar surface area (TPSA) is 72.3 Å². The molecule has 0 unspecified atom stereocenters. The van der Waals surface area contributed by atoms with Crippen molar-refractivity contribution < 1.29 is 8.42 Å². The highest BCUT2D eigenvalue weighted by Gasteiger charge is 2.17. The SMILES string of the molecule is Cc1ccc2ncn(Cc3cccc(S(=O)(=O)N(C)C)c3)c(=O)c2c1. The summed E-state index contributed by atoms with van der Waals surface area (Å²) in [6.07, 6.45) is 1.49. The van der Waals surface area contributed by atoms with Gasteiger partial charge in [0.25, 0.3) is 5.56 Å². The third kappa shape index (κ3) is 3.33. The van der Waals surface area contributed by atoms with E-state index in [4.69, 9.17) is 0 Å². The Morgan fingerprint density at radius 3 is 2.60 bits per heavy atom. The molecule has 0 aliphatic carbocycles. The molecule has 0 amide bonds. The minimum absolute atomic E-state index is 0.144. The van der Waals surface area contributed by atoms with Gasteiger partial charge in [0.05, 0.1) is 28.7 Å². The summed E-state index contributed by atoms with van der Waals surface area (Å²) in [7, 11) is -0.535. The summed E-state index contributed by atoms with van der Waals surface area (Å²) >= 11 is 0. The highest BCUT2D eigenvalue weighted by molar-refractivity contribution is 7.89. The molecule has 0 saturated carbocycles. The Kier molecular flexibility index (Phi) is 4.45. The molecular weight excluding hydrogens is 338 g/mol. The molecule has 0 bridgehead atoms. The number of aromatic nitrogens is 2. The highest BCUT2D eigenvalue weighted by atomic mass is 32.2. The van der Waals surface area contributed by atoms with E-state index in [2.05, 4.69) is 4.98 Å². The van der Waals surface area contributed by atoms with Crippen molar-refractivity contribution in [3.63, 3.8) is 0 Å². The van der Waals surface area contributed by atoms with Gasteiger partial charge in [-0.3, -0.25) is 9.36 Å². The molecule has 6 nitrogen and oxygen atoms in total. The summed E-state index contributed by atoms with van der Waals surface area (Å²) < 4.78 is 27.2. The molecule has 0 saturated heterocycles. The molecule has 0 spiro atoms. The maximum absolute atomic E-state index is 12.7. The second-order valence-corrected chi connectivity index (χ2v) is 8.28. The summed E-state index contributed by atoms with van der Waals surface area (Å²) in [5, 5.41) is 0.555. The third-order valence-electron chi connectivity index (χ3n) is 4.01. The van der Waals surface area contributed by atoms with Gasteiger partial charge >= 0.3 is 0 Å². The number of benzene rings is 2. The number of hydrogen-bond donors (Lipinski definition) is 0. The Labute approximate surface area is 146 Å². The lowest BCUT2D eigenvalue weighted by Crippen LogP contribution is -2.23. The van der Waals surface area contributed by atoms with Gasteiger partial charge in [-0.05, 0) is 36.8 Å². The standard InChI is InChI=1S/C18H19N3O3S/c1-13-7-8-17-16(9-13)18(22)21(12-19-17)11-14-5-4-6-15(10-14)25(23,24)20(2)3/h4-10,12H,11H2,1-3H3. The van der Waals surface area contributed by atoms with E-state index >= 15 is 0 Å². The number of hydrogen-bond acceptors (Lipinski definition) is 4. The number of rotatable bonds is 4. The molecular formula is C18H19N3O3S. The van der Waals surface area contributed by atoms with Crippen LogP contribution in [0.15, 0.2) is 58.5 Å². The van der Waals surface area contributed by atoms with Crippen molar-refractivity contribution in [1.82, 2.24) is 13.9 Å². The molecule has 0 radical (unpaired) electrons. The van der Waals surface area contributed by atoms with Crippen molar-refractivity contribution >= 4 is 20.9 Å². The summed E-state index contributed by atoms with van der Waals surface area (Å²) in [5.74, 6) is 0. The van der Waals surface area contributed by atoms with Crippen molar-refractivity contribution in [2.45, 2.75) is 18.4 Å². The smallest absolute Gasteiger partial charge is 0.261 e. The van der Waals surface area contributed by atoms with E-state index in [1.165, 1.54) is 29.3 Å². The molecule has 3 aromatic rings. The number of fused-ring (bicyclic) bond motifs is 1. The predicted molar refractivity (Wildman–Crippen MR) is 97.2 cm³/mol. The lowest BCUT2D eigenvalue weighted by Gasteiger charge is -2.13. The van der Waals surface area contributed by atoms with Gasteiger partial charge in [-0.25, -0.2) is 17.7 Å². The molecule has 1 heterocycles. The summed E-state index contributed by atoms with van der Waals surface area (Å²) in [5.41, 5.74) is 2.22. The summed E-state index contributed by atoms with van der Waals surface area (Å²) in [6.45, 7) is 2.18. The van der Waals surface area contributed by atoms with E-state index in [1.807, 2.05) is 25.1 Å². The van der Waals surface area contributed by atoms with Crippen molar-refractivity contribution in [3.8, 4) is 0 Å². The molecule has 2 aromatic carbocycles. The van der Waals surface area contributed by atoms with Crippen LogP contribution in [0.3, 0.4) is 0 Å². The van der Waals surface area contributed by atoms with Gasteiger partial charge < -0.3 is 0 Å². The highest BCUT2D eigenvalue weighted by Crippen LogP contribution is 2.16. The van der Waals surface area contributed by atoms with Crippen LogP contribution in [0.25, 0.3) is 10.9 Å². The largest absolute Gasteiger partial charge is 0.294 e. The fourth-order valence-corrected chi connectivity index (χ4v) is 3.57. The first-order valence-corrected chi connectivity index (χ1v) is 9.20. The van der Waals surface area contributed by atoms with Crippen molar-refractivity contribution in [2.75, 3.05) is 14.1 Å². The van der Waals surface area contributed by atoms with Crippen LogP contribution in [0.5, 0.6) is 0 Å². The van der Waals surface area contributed by atoms with Gasteiger partial charge in [0.2, 0.25) is 10.0 Å². The first kappa shape index (κ1) is 17.3. The van der Waals surface area contributed by atoms with Gasteiger partial charge in [0.15, 0.2) is 0 Å². The van der Waals surface area contributed by atoms with Crippen LogP contribution in [0.4, 0.5) is 0 Å². The van der Waals surface area contributed by atoms with E-state index in [0.717, 1.165) is 11.1 Å². The van der Waals surface area contributed by atoms with E-state index in [1.54, 1.807) is 24.3 Å². The monoisotopic (exact) mass is 357 g/mol. The zero-order valence-corrected chi connectivity index (χ0v) is 15.1. The number of aryl methyl sites for hydroxylation is 1. The lowest BCUT2D eigenvalue weighted by atomic mass is 10.1. The zero-order chi connectivity index (χ0) is 18.2. The van der Waals surface area contributed by atoms with Crippen molar-refractivity contribution in [1.29, 1.82) is 0 Å². The van der Waals surface area contributed by atoms with E-state index < -0.39 is 10.0 Å². The van der Waals surface area contributed by atoms with E-state index in [9.17, 15) is 13.2 Å². The summed E-state index contributed by atoms with van der Waals surface area (Å²) in [6, 6.07) is 12.1. The molecule has 130 valence electrons. The molecule has 7 heteroatoms. The van der Waals surface area contributed by atoms with Gasteiger partial charge in [0.1, 0.15) is 0 Å². The Balaban J connectivity index is 2.03. The Morgan fingerprint density at radius 1 is 1.12 bits per heavy atom. The maximum Gasteiger partial charge on any atom is 0.261 e. The average Bonchev–Trinajstić information content (AvgIpc) is 2.58. The van der Waals surface area contributed by atoms with Crippen LogP contribution in [0.2, 0.25) is 0 Å².